The van der Waals surface area contributed by atoms with E-state index in [1.54, 1.807) is 12.2 Å². The Bertz CT molecular complexity index is 572. The topological polar surface area (TPSA) is 51.8 Å². The second-order valence-corrected chi connectivity index (χ2v) is 3.82. The molecule has 0 spiro atoms. The third-order valence-electron chi connectivity index (χ3n) is 2.38. The van der Waals surface area contributed by atoms with Gasteiger partial charge in [-0.25, -0.2) is 4.98 Å². The van der Waals surface area contributed by atoms with Crippen LogP contribution in [0.15, 0.2) is 36.7 Å². The first kappa shape index (κ1) is 13.1. The lowest BCUT2D eigenvalue weighted by Crippen LogP contribution is -2.03. The number of halogens is 3. The molecule has 1 heterocycles. The zero-order valence-corrected chi connectivity index (χ0v) is 9.72. The molecule has 0 unspecified atom stereocenters. The van der Waals surface area contributed by atoms with E-state index in [-0.39, 0.29) is 0 Å². The van der Waals surface area contributed by atoms with E-state index in [9.17, 15) is 13.2 Å². The Morgan fingerprint density at radius 2 is 1.63 bits per heavy atom. The van der Waals surface area contributed by atoms with Gasteiger partial charge in [0, 0.05) is 0 Å². The van der Waals surface area contributed by atoms with Crippen molar-refractivity contribution >= 4 is 18.0 Å². The number of hydrogen-bond acceptors (Lipinski definition) is 3. The van der Waals surface area contributed by atoms with Gasteiger partial charge in [0.05, 0.1) is 23.7 Å². The summed E-state index contributed by atoms with van der Waals surface area (Å²) in [5.41, 5.74) is 5.94. The Balaban J connectivity index is 2.13. The highest BCUT2D eigenvalue weighted by molar-refractivity contribution is 5.67. The molecule has 98 valence electrons. The van der Waals surface area contributed by atoms with E-state index < -0.39 is 11.7 Å². The average molecular weight is 265 g/mol. The second-order valence-electron chi connectivity index (χ2n) is 3.82. The second kappa shape index (κ2) is 5.09. The van der Waals surface area contributed by atoms with E-state index in [0.717, 1.165) is 12.1 Å². The lowest BCUT2D eigenvalue weighted by atomic mass is 10.1. The Morgan fingerprint density at radius 1 is 0.947 bits per heavy atom. The van der Waals surface area contributed by atoms with Crippen molar-refractivity contribution in [1.82, 2.24) is 9.97 Å². The van der Waals surface area contributed by atoms with Crippen molar-refractivity contribution in [3.05, 3.63) is 53.5 Å². The molecule has 1 aromatic heterocycles. The molecule has 0 amide bonds. The van der Waals surface area contributed by atoms with E-state index in [1.165, 1.54) is 24.5 Å². The summed E-state index contributed by atoms with van der Waals surface area (Å²) in [4.78, 5) is 7.85. The van der Waals surface area contributed by atoms with Gasteiger partial charge in [-0.2, -0.15) is 13.2 Å². The minimum atomic E-state index is -4.31. The maximum absolute atomic E-state index is 12.4. The van der Waals surface area contributed by atoms with Crippen LogP contribution in [0, 0.1) is 0 Å². The quantitative estimate of drug-likeness (QED) is 0.906. The van der Waals surface area contributed by atoms with Gasteiger partial charge in [-0.05, 0) is 23.8 Å². The van der Waals surface area contributed by atoms with E-state index in [4.69, 9.17) is 5.73 Å². The van der Waals surface area contributed by atoms with Crippen LogP contribution in [0.25, 0.3) is 12.2 Å². The lowest BCUT2D eigenvalue weighted by molar-refractivity contribution is -0.137. The summed E-state index contributed by atoms with van der Waals surface area (Å²) in [5, 5.41) is 0. The van der Waals surface area contributed by atoms with Crippen molar-refractivity contribution < 1.29 is 13.2 Å². The van der Waals surface area contributed by atoms with Crippen LogP contribution < -0.4 is 5.73 Å². The van der Waals surface area contributed by atoms with Gasteiger partial charge in [0.25, 0.3) is 0 Å². The molecule has 6 heteroatoms. The summed E-state index contributed by atoms with van der Waals surface area (Å²) in [6.07, 6.45) is 1.88. The molecule has 0 fully saturated rings. The van der Waals surface area contributed by atoms with Crippen molar-refractivity contribution in [2.75, 3.05) is 5.73 Å². The first-order valence-corrected chi connectivity index (χ1v) is 5.38. The SMILES string of the molecule is Nc1cnc(/C=C/c2ccc(C(F)(F)F)cc2)cn1. The summed E-state index contributed by atoms with van der Waals surface area (Å²) in [6.45, 7) is 0. The summed E-state index contributed by atoms with van der Waals surface area (Å²) in [5.74, 6) is 0.312. The van der Waals surface area contributed by atoms with Gasteiger partial charge >= 0.3 is 6.18 Å². The number of benzene rings is 1. The van der Waals surface area contributed by atoms with Crippen molar-refractivity contribution in [3.63, 3.8) is 0 Å². The van der Waals surface area contributed by atoms with Crippen LogP contribution in [0.5, 0.6) is 0 Å². The smallest absolute Gasteiger partial charge is 0.382 e. The van der Waals surface area contributed by atoms with Gasteiger partial charge in [-0.3, -0.25) is 4.98 Å². The summed E-state index contributed by atoms with van der Waals surface area (Å²) < 4.78 is 37.1. The zero-order chi connectivity index (χ0) is 13.9. The van der Waals surface area contributed by atoms with Crippen LogP contribution in [-0.4, -0.2) is 9.97 Å². The molecular formula is C13H10F3N3. The Labute approximate surface area is 107 Å². The fourth-order valence-corrected chi connectivity index (χ4v) is 1.40. The highest BCUT2D eigenvalue weighted by Crippen LogP contribution is 2.29. The monoisotopic (exact) mass is 265 g/mol. The molecule has 0 bridgehead atoms. The third-order valence-corrected chi connectivity index (χ3v) is 2.38. The number of nitrogens with zero attached hydrogens (tertiary/aromatic N) is 2. The van der Waals surface area contributed by atoms with Crippen LogP contribution >= 0.6 is 0 Å². The van der Waals surface area contributed by atoms with E-state index >= 15 is 0 Å². The lowest BCUT2D eigenvalue weighted by Gasteiger charge is -2.05. The van der Waals surface area contributed by atoms with Crippen LogP contribution in [0.3, 0.4) is 0 Å². The van der Waals surface area contributed by atoms with Crippen molar-refractivity contribution in [3.8, 4) is 0 Å². The van der Waals surface area contributed by atoms with Crippen LogP contribution in [0.2, 0.25) is 0 Å². The highest BCUT2D eigenvalue weighted by atomic mass is 19.4. The molecule has 0 radical (unpaired) electrons. The molecule has 0 saturated heterocycles. The van der Waals surface area contributed by atoms with Gasteiger partial charge in [-0.1, -0.05) is 18.2 Å². The first-order valence-electron chi connectivity index (χ1n) is 5.38. The fourth-order valence-electron chi connectivity index (χ4n) is 1.40. The normalized spacial score (nSPS) is 11.9. The molecule has 2 aromatic rings. The molecule has 0 aliphatic carbocycles. The molecular weight excluding hydrogens is 255 g/mol. The van der Waals surface area contributed by atoms with Gasteiger partial charge in [0.15, 0.2) is 0 Å². The molecule has 0 aliphatic rings. The number of anilines is 1. The minimum Gasteiger partial charge on any atom is -0.382 e. The predicted molar refractivity (Wildman–Crippen MR) is 66.8 cm³/mol. The van der Waals surface area contributed by atoms with Crippen molar-refractivity contribution in [1.29, 1.82) is 0 Å². The minimum absolute atomic E-state index is 0.312. The van der Waals surface area contributed by atoms with Gasteiger partial charge in [0.2, 0.25) is 0 Å². The van der Waals surface area contributed by atoms with Crippen molar-refractivity contribution in [2.45, 2.75) is 6.18 Å². The maximum Gasteiger partial charge on any atom is 0.416 e. The Kier molecular flexibility index (Phi) is 3.50. The molecule has 19 heavy (non-hydrogen) atoms. The number of nitrogens with two attached hydrogens (primary N) is 1. The number of alkyl halides is 3. The van der Waals surface area contributed by atoms with E-state index in [0.29, 0.717) is 17.1 Å². The molecule has 2 N–H and O–H groups in total. The third kappa shape index (κ3) is 3.54. The molecule has 2 rings (SSSR count). The Morgan fingerprint density at radius 3 is 2.16 bits per heavy atom. The highest BCUT2D eigenvalue weighted by Gasteiger charge is 2.29. The summed E-state index contributed by atoms with van der Waals surface area (Å²) >= 11 is 0. The molecule has 0 saturated carbocycles. The zero-order valence-electron chi connectivity index (χ0n) is 9.72. The number of nitrogen functional groups attached to an aromatic ring is 1. The molecule has 0 atom stereocenters. The molecule has 0 aliphatic heterocycles. The molecule has 1 aromatic carbocycles. The van der Waals surface area contributed by atoms with Crippen LogP contribution in [0.4, 0.5) is 19.0 Å². The van der Waals surface area contributed by atoms with Crippen LogP contribution in [0.1, 0.15) is 16.8 Å². The van der Waals surface area contributed by atoms with Gasteiger partial charge in [0.1, 0.15) is 5.82 Å². The van der Waals surface area contributed by atoms with E-state index in [1.807, 2.05) is 0 Å². The Hall–Kier alpha value is -2.37. The standard InChI is InChI=1S/C13H10F3N3/c14-13(15,16)10-4-1-9(2-5-10)3-6-11-7-19-12(17)8-18-11/h1-8H,(H2,17,19)/b6-3+. The summed E-state index contributed by atoms with van der Waals surface area (Å²) in [6, 6.07) is 4.86. The van der Waals surface area contributed by atoms with Crippen molar-refractivity contribution in [2.24, 2.45) is 0 Å². The average Bonchev–Trinajstić information content (AvgIpc) is 2.37. The fraction of sp³-hybridized carbons (Fsp3) is 0.0769. The number of rotatable bonds is 2. The first-order chi connectivity index (χ1) is 8.95. The number of hydrogen-bond donors (Lipinski definition) is 1. The molecule has 3 nitrogen and oxygen atoms in total. The summed E-state index contributed by atoms with van der Waals surface area (Å²) in [7, 11) is 0. The maximum atomic E-state index is 12.4. The largest absolute Gasteiger partial charge is 0.416 e. The van der Waals surface area contributed by atoms with E-state index in [2.05, 4.69) is 9.97 Å². The predicted octanol–water partition coefficient (Wildman–Crippen LogP) is 3.25. The number of aromatic nitrogens is 2. The van der Waals surface area contributed by atoms with Gasteiger partial charge in [-0.15, -0.1) is 0 Å². The van der Waals surface area contributed by atoms with Crippen LogP contribution in [-0.2, 0) is 6.18 Å². The van der Waals surface area contributed by atoms with Gasteiger partial charge < -0.3 is 5.73 Å².